The summed E-state index contributed by atoms with van der Waals surface area (Å²) in [5, 5.41) is 4.09. The highest BCUT2D eigenvalue weighted by Crippen LogP contribution is 2.32. The van der Waals surface area contributed by atoms with Gasteiger partial charge in [-0.2, -0.15) is 0 Å². The summed E-state index contributed by atoms with van der Waals surface area (Å²) in [6.07, 6.45) is 3.96. The van der Waals surface area contributed by atoms with Crippen molar-refractivity contribution in [2.75, 3.05) is 18.4 Å². The molecule has 0 bridgehead atoms. The van der Waals surface area contributed by atoms with Crippen molar-refractivity contribution in [2.45, 2.75) is 39.2 Å². The smallest absolute Gasteiger partial charge is 0.226 e. The van der Waals surface area contributed by atoms with Crippen LogP contribution in [0.5, 0.6) is 0 Å². The number of nitrogens with zero attached hydrogens (tertiary/aromatic N) is 2. The van der Waals surface area contributed by atoms with Crippen LogP contribution in [-0.2, 0) is 11.3 Å². The molecular weight excluding hydrogens is 456 g/mol. The molecule has 1 amide bonds. The van der Waals surface area contributed by atoms with Crippen LogP contribution in [-0.4, -0.2) is 28.5 Å². The molecule has 5 rings (SSSR count). The maximum absolute atomic E-state index is 14.4. The molecule has 0 unspecified atom stereocenters. The minimum Gasteiger partial charge on any atom is -0.326 e. The summed E-state index contributed by atoms with van der Waals surface area (Å²) in [7, 11) is 0. The lowest BCUT2D eigenvalue weighted by Crippen LogP contribution is -2.32. The topological polar surface area (TPSA) is 37.3 Å². The van der Waals surface area contributed by atoms with Crippen molar-refractivity contribution in [3.05, 3.63) is 95.7 Å². The molecule has 1 fully saturated rings. The Morgan fingerprint density at radius 1 is 1.00 bits per heavy atom. The maximum atomic E-state index is 14.4. The van der Waals surface area contributed by atoms with Gasteiger partial charge in [-0.05, 0) is 79.4 Å². The number of carbonyl (C=O) groups is 1. The SMILES string of the molecule is CC(C)C(=O)Nc1cccc(C2CCN(Cc3cccc4c3ccn4-c3ccc(F)cc3F)CC2)c1. The zero-order valence-corrected chi connectivity index (χ0v) is 20.7. The molecule has 0 atom stereocenters. The van der Waals surface area contributed by atoms with Gasteiger partial charge in [-0.3, -0.25) is 9.69 Å². The highest BCUT2D eigenvalue weighted by atomic mass is 19.1. The van der Waals surface area contributed by atoms with Crippen molar-refractivity contribution < 1.29 is 13.6 Å². The standard InChI is InChI=1S/C30H31F2N3O/c1-20(2)30(36)33-25-7-3-5-22(17-25)21-11-14-34(15-12-21)19-23-6-4-8-28-26(23)13-16-35(28)29-10-9-24(31)18-27(29)32/h3-10,13,16-18,20-21H,11-12,14-15,19H2,1-2H3,(H,33,36). The van der Waals surface area contributed by atoms with Crippen molar-refractivity contribution in [3.8, 4) is 5.69 Å². The van der Waals surface area contributed by atoms with Crippen molar-refractivity contribution >= 4 is 22.5 Å². The van der Waals surface area contributed by atoms with Crippen molar-refractivity contribution in [1.82, 2.24) is 9.47 Å². The number of fused-ring (bicyclic) bond motifs is 1. The summed E-state index contributed by atoms with van der Waals surface area (Å²) in [5.74, 6) is -0.702. The fourth-order valence-electron chi connectivity index (χ4n) is 5.08. The van der Waals surface area contributed by atoms with Gasteiger partial charge in [-0.1, -0.05) is 38.1 Å². The van der Waals surface area contributed by atoms with Gasteiger partial charge in [0.05, 0.1) is 11.2 Å². The molecule has 36 heavy (non-hydrogen) atoms. The van der Waals surface area contributed by atoms with Gasteiger partial charge in [0.25, 0.3) is 0 Å². The second-order valence-corrected chi connectivity index (χ2v) is 9.95. The normalized spacial score (nSPS) is 15.0. The number of aromatic nitrogens is 1. The third-order valence-corrected chi connectivity index (χ3v) is 7.12. The number of carbonyl (C=O) groups excluding carboxylic acids is 1. The van der Waals surface area contributed by atoms with E-state index in [2.05, 4.69) is 28.4 Å². The Labute approximate surface area is 210 Å². The molecule has 1 aliphatic rings. The van der Waals surface area contributed by atoms with Crippen LogP contribution in [0.1, 0.15) is 43.7 Å². The van der Waals surface area contributed by atoms with E-state index in [-0.39, 0.29) is 11.8 Å². The Morgan fingerprint density at radius 3 is 2.53 bits per heavy atom. The van der Waals surface area contributed by atoms with Crippen LogP contribution >= 0.6 is 0 Å². The number of benzene rings is 3. The third kappa shape index (κ3) is 5.05. The van der Waals surface area contributed by atoms with E-state index in [0.29, 0.717) is 11.6 Å². The molecule has 1 N–H and O–H groups in total. The van der Waals surface area contributed by atoms with Gasteiger partial charge in [0, 0.05) is 35.8 Å². The number of piperidine rings is 1. The molecule has 0 saturated carbocycles. The maximum Gasteiger partial charge on any atom is 0.226 e. The largest absolute Gasteiger partial charge is 0.326 e. The Balaban J connectivity index is 1.27. The molecule has 0 spiro atoms. The van der Waals surface area contributed by atoms with Crippen LogP contribution in [0.25, 0.3) is 16.6 Å². The summed E-state index contributed by atoms with van der Waals surface area (Å²) < 4.78 is 29.6. The molecule has 6 heteroatoms. The Hall–Kier alpha value is -3.51. The first-order valence-electron chi connectivity index (χ1n) is 12.6. The van der Waals surface area contributed by atoms with Crippen molar-refractivity contribution in [3.63, 3.8) is 0 Å². The van der Waals surface area contributed by atoms with Crippen LogP contribution < -0.4 is 5.32 Å². The molecular formula is C30H31F2N3O. The Bertz CT molecular complexity index is 1390. The van der Waals surface area contributed by atoms with E-state index in [0.717, 1.165) is 55.1 Å². The monoisotopic (exact) mass is 487 g/mol. The first kappa shape index (κ1) is 24.2. The van der Waals surface area contributed by atoms with Crippen LogP contribution in [0.15, 0.2) is 72.9 Å². The van der Waals surface area contributed by atoms with Crippen LogP contribution in [0, 0.1) is 17.6 Å². The quantitative estimate of drug-likeness (QED) is 0.322. The van der Waals surface area contributed by atoms with Crippen LogP contribution in [0.2, 0.25) is 0 Å². The predicted octanol–water partition coefficient (Wildman–Crippen LogP) is 6.88. The van der Waals surface area contributed by atoms with E-state index in [1.807, 2.05) is 50.4 Å². The Kier molecular flexibility index (Phi) is 6.88. The molecule has 0 aliphatic carbocycles. The average Bonchev–Trinajstić information content (AvgIpc) is 3.29. The molecule has 1 saturated heterocycles. The fraction of sp³-hybridized carbons (Fsp3) is 0.300. The number of amides is 1. The summed E-state index contributed by atoms with van der Waals surface area (Å²) in [5.41, 5.74) is 4.59. The minimum absolute atomic E-state index is 0.0344. The van der Waals surface area contributed by atoms with E-state index in [1.54, 1.807) is 4.57 Å². The molecule has 1 aromatic heterocycles. The molecule has 2 heterocycles. The van der Waals surface area contributed by atoms with Crippen molar-refractivity contribution in [2.24, 2.45) is 5.92 Å². The van der Waals surface area contributed by atoms with Gasteiger partial charge in [0.15, 0.2) is 0 Å². The average molecular weight is 488 g/mol. The van der Waals surface area contributed by atoms with Gasteiger partial charge in [-0.25, -0.2) is 8.78 Å². The summed E-state index contributed by atoms with van der Waals surface area (Å²) in [4.78, 5) is 14.5. The fourth-order valence-corrected chi connectivity index (χ4v) is 5.08. The Morgan fingerprint density at radius 2 is 1.78 bits per heavy atom. The van der Waals surface area contributed by atoms with Gasteiger partial charge in [0.2, 0.25) is 5.91 Å². The number of anilines is 1. The summed E-state index contributed by atoms with van der Waals surface area (Å²) >= 11 is 0. The number of nitrogens with one attached hydrogen (secondary N) is 1. The van der Waals surface area contributed by atoms with Crippen LogP contribution in [0.4, 0.5) is 14.5 Å². The number of likely N-dealkylation sites (tertiary alicyclic amines) is 1. The highest BCUT2D eigenvalue weighted by Gasteiger charge is 2.22. The minimum atomic E-state index is -0.580. The van der Waals surface area contributed by atoms with E-state index >= 15 is 0 Å². The van der Waals surface area contributed by atoms with Gasteiger partial charge in [-0.15, -0.1) is 0 Å². The van der Waals surface area contributed by atoms with Gasteiger partial charge in [0.1, 0.15) is 11.6 Å². The molecule has 186 valence electrons. The summed E-state index contributed by atoms with van der Waals surface area (Å²) in [6.45, 7) is 6.58. The zero-order chi connectivity index (χ0) is 25.2. The molecule has 4 aromatic rings. The molecule has 1 aliphatic heterocycles. The predicted molar refractivity (Wildman–Crippen MR) is 140 cm³/mol. The van der Waals surface area contributed by atoms with Crippen molar-refractivity contribution in [1.29, 1.82) is 0 Å². The zero-order valence-electron chi connectivity index (χ0n) is 20.7. The molecule has 0 radical (unpaired) electrons. The first-order valence-corrected chi connectivity index (χ1v) is 12.6. The number of halogens is 2. The van der Waals surface area contributed by atoms with Crippen LogP contribution in [0.3, 0.4) is 0 Å². The van der Waals surface area contributed by atoms with Gasteiger partial charge >= 0.3 is 0 Å². The second-order valence-electron chi connectivity index (χ2n) is 9.95. The third-order valence-electron chi connectivity index (χ3n) is 7.12. The number of rotatable bonds is 6. The van der Waals surface area contributed by atoms with E-state index in [4.69, 9.17) is 0 Å². The lowest BCUT2D eigenvalue weighted by molar-refractivity contribution is -0.118. The van der Waals surface area contributed by atoms with E-state index in [1.165, 1.54) is 23.3 Å². The van der Waals surface area contributed by atoms with Gasteiger partial charge < -0.3 is 9.88 Å². The number of hydrogen-bond donors (Lipinski definition) is 1. The number of hydrogen-bond acceptors (Lipinski definition) is 2. The molecule has 4 nitrogen and oxygen atoms in total. The lowest BCUT2D eigenvalue weighted by atomic mass is 9.89. The first-order chi connectivity index (χ1) is 17.4. The highest BCUT2D eigenvalue weighted by molar-refractivity contribution is 5.92. The van der Waals surface area contributed by atoms with E-state index in [9.17, 15) is 13.6 Å². The van der Waals surface area contributed by atoms with E-state index < -0.39 is 11.6 Å². The lowest BCUT2D eigenvalue weighted by Gasteiger charge is -2.32. The second kappa shape index (κ2) is 10.2. The molecule has 3 aromatic carbocycles. The summed E-state index contributed by atoms with van der Waals surface area (Å²) in [6, 6.07) is 20.0.